The highest BCUT2D eigenvalue weighted by molar-refractivity contribution is 5.34. The molecular weight excluding hydrogens is 246 g/mol. The Kier molecular flexibility index (Phi) is 4.96. The van der Waals surface area contributed by atoms with Gasteiger partial charge in [0.25, 0.3) is 0 Å². The molecule has 1 N–H and O–H groups in total. The molecule has 3 nitrogen and oxygen atoms in total. The lowest BCUT2D eigenvalue weighted by Crippen LogP contribution is -2.23. The van der Waals surface area contributed by atoms with Gasteiger partial charge < -0.3 is 5.32 Å². The Labute approximate surface area is 122 Å². The molecule has 0 bridgehead atoms. The first-order valence-corrected chi connectivity index (χ1v) is 7.48. The molecule has 1 heterocycles. The Morgan fingerprint density at radius 3 is 2.50 bits per heavy atom. The average molecular weight is 271 g/mol. The topological polar surface area (TPSA) is 29.9 Å². The number of hydrogen-bond acceptors (Lipinski definition) is 2. The number of rotatable bonds is 6. The standard InChI is InChI=1S/C17H25N3/c1-5-11-18-17(14-9-7-13(3)8-10-14)15-12-20(4)19-16(15)6-2/h7-10,12,17-18H,5-6,11H2,1-4H3. The van der Waals surface area contributed by atoms with E-state index in [2.05, 4.69) is 61.6 Å². The van der Waals surface area contributed by atoms with Gasteiger partial charge in [-0.3, -0.25) is 4.68 Å². The van der Waals surface area contributed by atoms with Crippen LogP contribution in [0.2, 0.25) is 0 Å². The Balaban J connectivity index is 2.38. The largest absolute Gasteiger partial charge is 0.306 e. The van der Waals surface area contributed by atoms with E-state index >= 15 is 0 Å². The summed E-state index contributed by atoms with van der Waals surface area (Å²) in [5, 5.41) is 8.23. The summed E-state index contributed by atoms with van der Waals surface area (Å²) in [4.78, 5) is 0. The second-order valence-corrected chi connectivity index (χ2v) is 5.36. The Bertz CT molecular complexity index is 540. The molecule has 3 heteroatoms. The number of hydrogen-bond donors (Lipinski definition) is 1. The van der Waals surface area contributed by atoms with Gasteiger partial charge in [0.2, 0.25) is 0 Å². The van der Waals surface area contributed by atoms with E-state index in [1.807, 2.05) is 11.7 Å². The monoisotopic (exact) mass is 271 g/mol. The fourth-order valence-corrected chi connectivity index (χ4v) is 2.52. The van der Waals surface area contributed by atoms with E-state index in [-0.39, 0.29) is 6.04 Å². The summed E-state index contributed by atoms with van der Waals surface area (Å²) in [7, 11) is 1.99. The number of nitrogens with zero attached hydrogens (tertiary/aromatic N) is 2. The molecule has 0 saturated heterocycles. The molecule has 0 aliphatic carbocycles. The normalized spacial score (nSPS) is 12.6. The van der Waals surface area contributed by atoms with E-state index in [0.717, 1.165) is 19.4 Å². The van der Waals surface area contributed by atoms with E-state index in [9.17, 15) is 0 Å². The summed E-state index contributed by atoms with van der Waals surface area (Å²) in [5.41, 5.74) is 5.09. The Hall–Kier alpha value is -1.61. The molecule has 2 aromatic rings. The summed E-state index contributed by atoms with van der Waals surface area (Å²) < 4.78 is 1.92. The maximum Gasteiger partial charge on any atom is 0.0673 e. The first-order valence-electron chi connectivity index (χ1n) is 7.48. The maximum absolute atomic E-state index is 4.58. The Morgan fingerprint density at radius 2 is 1.90 bits per heavy atom. The zero-order valence-electron chi connectivity index (χ0n) is 13.0. The zero-order valence-corrected chi connectivity index (χ0v) is 13.0. The molecule has 0 radical (unpaired) electrons. The lowest BCUT2D eigenvalue weighted by Gasteiger charge is -2.19. The average Bonchev–Trinajstić information content (AvgIpc) is 2.82. The summed E-state index contributed by atoms with van der Waals surface area (Å²) in [6.45, 7) is 7.50. The maximum atomic E-state index is 4.58. The van der Waals surface area contributed by atoms with Crippen molar-refractivity contribution in [1.82, 2.24) is 15.1 Å². The second-order valence-electron chi connectivity index (χ2n) is 5.36. The SMILES string of the molecule is CCCNC(c1ccc(C)cc1)c1cn(C)nc1CC. The van der Waals surface area contributed by atoms with Gasteiger partial charge in [0, 0.05) is 18.8 Å². The van der Waals surface area contributed by atoms with Crippen molar-refractivity contribution < 1.29 is 0 Å². The van der Waals surface area contributed by atoms with E-state index < -0.39 is 0 Å². The van der Waals surface area contributed by atoms with Gasteiger partial charge in [-0.15, -0.1) is 0 Å². The highest BCUT2D eigenvalue weighted by atomic mass is 15.3. The van der Waals surface area contributed by atoms with E-state index in [1.165, 1.54) is 22.4 Å². The van der Waals surface area contributed by atoms with Gasteiger partial charge in [-0.2, -0.15) is 5.10 Å². The van der Waals surface area contributed by atoms with Crippen LogP contribution in [0.5, 0.6) is 0 Å². The molecule has 0 fully saturated rings. The number of aromatic nitrogens is 2. The fraction of sp³-hybridized carbons (Fsp3) is 0.471. The van der Waals surface area contributed by atoms with Crippen molar-refractivity contribution in [3.05, 3.63) is 52.8 Å². The van der Waals surface area contributed by atoms with Crippen LogP contribution in [-0.4, -0.2) is 16.3 Å². The van der Waals surface area contributed by atoms with Crippen LogP contribution in [0.25, 0.3) is 0 Å². The van der Waals surface area contributed by atoms with E-state index in [0.29, 0.717) is 0 Å². The smallest absolute Gasteiger partial charge is 0.0673 e. The molecule has 0 spiro atoms. The third-order valence-electron chi connectivity index (χ3n) is 3.59. The molecule has 20 heavy (non-hydrogen) atoms. The van der Waals surface area contributed by atoms with Gasteiger partial charge >= 0.3 is 0 Å². The highest BCUT2D eigenvalue weighted by Gasteiger charge is 2.18. The minimum atomic E-state index is 0.235. The van der Waals surface area contributed by atoms with Crippen molar-refractivity contribution in [1.29, 1.82) is 0 Å². The molecule has 0 saturated carbocycles. The van der Waals surface area contributed by atoms with Crippen molar-refractivity contribution in [2.45, 2.75) is 39.7 Å². The molecule has 1 aromatic heterocycles. The lowest BCUT2D eigenvalue weighted by atomic mass is 9.97. The van der Waals surface area contributed by atoms with Crippen LogP contribution in [0, 0.1) is 6.92 Å². The van der Waals surface area contributed by atoms with Gasteiger partial charge in [-0.25, -0.2) is 0 Å². The van der Waals surface area contributed by atoms with Gasteiger partial charge in [-0.1, -0.05) is 43.7 Å². The summed E-state index contributed by atoms with van der Waals surface area (Å²) in [5.74, 6) is 0. The van der Waals surface area contributed by atoms with Gasteiger partial charge in [-0.05, 0) is 31.9 Å². The minimum Gasteiger partial charge on any atom is -0.306 e. The summed E-state index contributed by atoms with van der Waals surface area (Å²) in [6, 6.07) is 9.03. The molecular formula is C17H25N3. The van der Waals surface area contributed by atoms with Crippen molar-refractivity contribution in [2.75, 3.05) is 6.54 Å². The van der Waals surface area contributed by atoms with E-state index in [1.54, 1.807) is 0 Å². The lowest BCUT2D eigenvalue weighted by molar-refractivity contribution is 0.594. The van der Waals surface area contributed by atoms with Crippen molar-refractivity contribution in [2.24, 2.45) is 7.05 Å². The van der Waals surface area contributed by atoms with Crippen LogP contribution in [0.3, 0.4) is 0 Å². The number of aryl methyl sites for hydroxylation is 3. The molecule has 0 aliphatic heterocycles. The molecule has 1 atom stereocenters. The van der Waals surface area contributed by atoms with Crippen LogP contribution in [-0.2, 0) is 13.5 Å². The van der Waals surface area contributed by atoms with Crippen molar-refractivity contribution >= 4 is 0 Å². The third-order valence-corrected chi connectivity index (χ3v) is 3.59. The minimum absolute atomic E-state index is 0.235. The molecule has 1 unspecified atom stereocenters. The van der Waals surface area contributed by atoms with Crippen molar-refractivity contribution in [3.63, 3.8) is 0 Å². The van der Waals surface area contributed by atoms with Crippen LogP contribution >= 0.6 is 0 Å². The highest BCUT2D eigenvalue weighted by Crippen LogP contribution is 2.25. The fourth-order valence-electron chi connectivity index (χ4n) is 2.52. The van der Waals surface area contributed by atoms with Gasteiger partial charge in [0.1, 0.15) is 0 Å². The van der Waals surface area contributed by atoms with Gasteiger partial charge in [0.15, 0.2) is 0 Å². The molecule has 0 amide bonds. The Morgan fingerprint density at radius 1 is 1.20 bits per heavy atom. The van der Waals surface area contributed by atoms with Crippen molar-refractivity contribution in [3.8, 4) is 0 Å². The summed E-state index contributed by atoms with van der Waals surface area (Å²) >= 11 is 0. The number of benzene rings is 1. The van der Waals surface area contributed by atoms with Gasteiger partial charge in [0.05, 0.1) is 11.7 Å². The summed E-state index contributed by atoms with van der Waals surface area (Å²) in [6.07, 6.45) is 4.24. The second kappa shape index (κ2) is 6.71. The number of nitrogens with one attached hydrogen (secondary N) is 1. The zero-order chi connectivity index (χ0) is 14.5. The molecule has 108 valence electrons. The van der Waals surface area contributed by atoms with Crippen LogP contribution < -0.4 is 5.32 Å². The molecule has 1 aromatic carbocycles. The predicted molar refractivity (Wildman–Crippen MR) is 83.9 cm³/mol. The quantitative estimate of drug-likeness (QED) is 0.873. The van der Waals surface area contributed by atoms with Crippen LogP contribution in [0.4, 0.5) is 0 Å². The van der Waals surface area contributed by atoms with Crippen LogP contribution in [0.1, 0.15) is 48.7 Å². The van der Waals surface area contributed by atoms with Crippen LogP contribution in [0.15, 0.2) is 30.5 Å². The third kappa shape index (κ3) is 3.28. The molecule has 0 aliphatic rings. The first kappa shape index (κ1) is 14.8. The predicted octanol–water partition coefficient (Wildman–Crippen LogP) is 3.38. The molecule has 2 rings (SSSR count). The van der Waals surface area contributed by atoms with E-state index in [4.69, 9.17) is 0 Å². The first-order chi connectivity index (χ1) is 9.65.